The lowest BCUT2D eigenvalue weighted by Crippen LogP contribution is -2.52. The van der Waals surface area contributed by atoms with Crippen molar-refractivity contribution in [3.8, 4) is 0 Å². The molecule has 2 fully saturated rings. The Morgan fingerprint density at radius 2 is 1.85 bits per heavy atom. The van der Waals surface area contributed by atoms with E-state index in [2.05, 4.69) is 13.8 Å². The molecule has 3 rings (SSSR count). The molecule has 0 saturated carbocycles. The summed E-state index contributed by atoms with van der Waals surface area (Å²) in [4.78, 5) is 14.4. The van der Waals surface area contributed by atoms with Crippen molar-refractivity contribution in [2.45, 2.75) is 50.0 Å². The maximum atomic E-state index is 12.9. The second kappa shape index (κ2) is 8.06. The van der Waals surface area contributed by atoms with Crippen molar-refractivity contribution in [2.75, 3.05) is 32.8 Å². The van der Waals surface area contributed by atoms with Gasteiger partial charge in [-0.3, -0.25) is 4.79 Å². The van der Waals surface area contributed by atoms with Gasteiger partial charge in [0.15, 0.2) is 0 Å². The Morgan fingerprint density at radius 1 is 1.19 bits per heavy atom. The summed E-state index contributed by atoms with van der Waals surface area (Å²) in [6.07, 6.45) is 2.36. The number of rotatable bonds is 5. The second-order valence-electron chi connectivity index (χ2n) is 7.11. The van der Waals surface area contributed by atoms with Crippen LogP contribution in [0.2, 0.25) is 0 Å². The molecule has 2 saturated heterocycles. The summed E-state index contributed by atoms with van der Waals surface area (Å²) in [6.45, 7) is 6.38. The molecule has 26 heavy (non-hydrogen) atoms. The highest BCUT2D eigenvalue weighted by Gasteiger charge is 2.33. The number of amides is 1. The number of benzene rings is 1. The van der Waals surface area contributed by atoms with E-state index >= 15 is 0 Å². The highest BCUT2D eigenvalue weighted by molar-refractivity contribution is 7.89. The predicted octanol–water partition coefficient (Wildman–Crippen LogP) is 2.21. The van der Waals surface area contributed by atoms with Crippen LogP contribution in [-0.2, 0) is 19.6 Å². The average Bonchev–Trinajstić information content (AvgIpc) is 3.21. The third-order valence-electron chi connectivity index (χ3n) is 5.45. The molecule has 1 aromatic rings. The zero-order valence-electron chi connectivity index (χ0n) is 15.6. The molecule has 0 bridgehead atoms. The van der Waals surface area contributed by atoms with Gasteiger partial charge in [0.1, 0.15) is 6.10 Å². The first-order valence-corrected chi connectivity index (χ1v) is 10.9. The van der Waals surface area contributed by atoms with Gasteiger partial charge in [-0.05, 0) is 42.9 Å². The van der Waals surface area contributed by atoms with E-state index in [0.717, 1.165) is 24.8 Å². The van der Waals surface area contributed by atoms with Gasteiger partial charge in [-0.15, -0.1) is 0 Å². The number of carbonyl (C=O) groups excluding carboxylic acids is 1. The van der Waals surface area contributed by atoms with Gasteiger partial charge in [0.05, 0.1) is 4.90 Å². The number of carbonyl (C=O) groups is 1. The quantitative estimate of drug-likeness (QED) is 0.786. The van der Waals surface area contributed by atoms with E-state index in [9.17, 15) is 13.2 Å². The van der Waals surface area contributed by atoms with Crippen molar-refractivity contribution in [2.24, 2.45) is 0 Å². The van der Waals surface area contributed by atoms with E-state index in [-0.39, 0.29) is 12.0 Å². The van der Waals surface area contributed by atoms with Crippen LogP contribution in [0.1, 0.15) is 44.6 Å². The smallest absolute Gasteiger partial charge is 0.251 e. The molecular formula is C19H28N2O4S. The van der Waals surface area contributed by atoms with Crippen molar-refractivity contribution in [1.29, 1.82) is 0 Å². The van der Waals surface area contributed by atoms with E-state index < -0.39 is 10.0 Å². The fraction of sp³-hybridized carbons (Fsp3) is 0.632. The first kappa shape index (κ1) is 19.3. The van der Waals surface area contributed by atoms with Crippen LogP contribution in [0.25, 0.3) is 0 Å². The lowest BCUT2D eigenvalue weighted by Gasteiger charge is -2.35. The Labute approximate surface area is 156 Å². The van der Waals surface area contributed by atoms with Gasteiger partial charge in [0.2, 0.25) is 10.0 Å². The maximum Gasteiger partial charge on any atom is 0.251 e. The van der Waals surface area contributed by atoms with Crippen molar-refractivity contribution in [1.82, 2.24) is 9.21 Å². The Hall–Kier alpha value is -1.44. The van der Waals surface area contributed by atoms with E-state index in [0.29, 0.717) is 43.6 Å². The Morgan fingerprint density at radius 3 is 2.38 bits per heavy atom. The van der Waals surface area contributed by atoms with Gasteiger partial charge in [0.25, 0.3) is 5.91 Å². The third kappa shape index (κ3) is 3.94. The maximum absolute atomic E-state index is 12.9. The number of hydrogen-bond acceptors (Lipinski definition) is 4. The van der Waals surface area contributed by atoms with E-state index in [1.807, 2.05) is 12.1 Å². The summed E-state index contributed by atoms with van der Waals surface area (Å²) in [5.41, 5.74) is 1.15. The van der Waals surface area contributed by atoms with Crippen molar-refractivity contribution in [3.63, 3.8) is 0 Å². The molecule has 1 amide bonds. The van der Waals surface area contributed by atoms with E-state index in [1.54, 1.807) is 17.0 Å². The molecule has 7 heteroatoms. The van der Waals surface area contributed by atoms with Gasteiger partial charge in [0, 0.05) is 32.8 Å². The van der Waals surface area contributed by atoms with Crippen LogP contribution in [0.3, 0.4) is 0 Å². The molecule has 144 valence electrons. The first-order valence-electron chi connectivity index (χ1n) is 9.44. The van der Waals surface area contributed by atoms with Gasteiger partial charge >= 0.3 is 0 Å². The third-order valence-corrected chi connectivity index (χ3v) is 7.37. The van der Waals surface area contributed by atoms with Crippen LogP contribution >= 0.6 is 0 Å². The molecule has 2 aliphatic heterocycles. The van der Waals surface area contributed by atoms with Gasteiger partial charge in [-0.2, -0.15) is 4.31 Å². The molecular weight excluding hydrogens is 352 g/mol. The van der Waals surface area contributed by atoms with E-state index in [1.165, 1.54) is 4.31 Å². The number of nitrogens with zero attached hydrogens (tertiary/aromatic N) is 2. The van der Waals surface area contributed by atoms with Crippen LogP contribution in [0.15, 0.2) is 29.2 Å². The normalized spacial score (nSPS) is 23.2. The lowest BCUT2D eigenvalue weighted by atomic mass is 9.99. The van der Waals surface area contributed by atoms with Crippen LogP contribution in [0, 0.1) is 0 Å². The fourth-order valence-electron chi connectivity index (χ4n) is 3.48. The molecule has 2 aliphatic rings. The average molecular weight is 381 g/mol. The molecule has 0 aliphatic carbocycles. The van der Waals surface area contributed by atoms with Crippen molar-refractivity contribution >= 4 is 15.9 Å². The van der Waals surface area contributed by atoms with Crippen molar-refractivity contribution < 1.29 is 17.9 Å². The number of piperazine rings is 1. The Balaban J connectivity index is 1.63. The molecule has 0 aromatic heterocycles. The summed E-state index contributed by atoms with van der Waals surface area (Å²) in [5.74, 6) is 0.413. The zero-order chi connectivity index (χ0) is 18.7. The first-order chi connectivity index (χ1) is 12.4. The predicted molar refractivity (Wildman–Crippen MR) is 99.5 cm³/mol. The molecule has 0 unspecified atom stereocenters. The highest BCUT2D eigenvalue weighted by Crippen LogP contribution is 2.23. The summed E-state index contributed by atoms with van der Waals surface area (Å²) in [5, 5.41) is 0. The van der Waals surface area contributed by atoms with Gasteiger partial charge in [-0.1, -0.05) is 26.0 Å². The molecule has 6 nitrogen and oxygen atoms in total. The van der Waals surface area contributed by atoms with Gasteiger partial charge in [-0.25, -0.2) is 8.42 Å². The van der Waals surface area contributed by atoms with E-state index in [4.69, 9.17) is 4.74 Å². The summed E-state index contributed by atoms with van der Waals surface area (Å²) < 4.78 is 32.7. The number of ether oxygens (including phenoxy) is 1. The largest absolute Gasteiger partial charge is 0.368 e. The summed E-state index contributed by atoms with van der Waals surface area (Å²) in [7, 11) is -3.52. The Kier molecular flexibility index (Phi) is 5.99. The standard InChI is InChI=1S/C19H28N2O4S/c1-3-15(2)16-6-8-17(9-7-16)26(23,24)21-12-10-20(11-13-21)19(22)18-5-4-14-25-18/h6-9,15,18H,3-5,10-14H2,1-2H3/t15-,18-/m1/s1. The monoisotopic (exact) mass is 380 g/mol. The van der Waals surface area contributed by atoms with Crippen molar-refractivity contribution in [3.05, 3.63) is 29.8 Å². The fourth-order valence-corrected chi connectivity index (χ4v) is 4.90. The summed E-state index contributed by atoms with van der Waals surface area (Å²) in [6, 6.07) is 7.19. The molecule has 2 atom stereocenters. The minimum atomic E-state index is -3.52. The molecule has 0 spiro atoms. The van der Waals surface area contributed by atoms with Gasteiger partial charge < -0.3 is 9.64 Å². The minimum absolute atomic E-state index is 0.00236. The van der Waals surface area contributed by atoms with Crippen LogP contribution in [0.5, 0.6) is 0 Å². The second-order valence-corrected chi connectivity index (χ2v) is 9.05. The minimum Gasteiger partial charge on any atom is -0.368 e. The van der Waals surface area contributed by atoms with Crippen LogP contribution in [-0.4, -0.2) is 62.4 Å². The lowest BCUT2D eigenvalue weighted by molar-refractivity contribution is -0.142. The highest BCUT2D eigenvalue weighted by atomic mass is 32.2. The molecule has 0 N–H and O–H groups in total. The SMILES string of the molecule is CC[C@@H](C)c1ccc(S(=O)(=O)N2CCN(C(=O)[C@H]3CCCO3)CC2)cc1. The molecule has 2 heterocycles. The Bertz CT molecular complexity index is 718. The topological polar surface area (TPSA) is 66.9 Å². The van der Waals surface area contributed by atoms with Crippen LogP contribution < -0.4 is 0 Å². The summed E-state index contributed by atoms with van der Waals surface area (Å²) >= 11 is 0. The van der Waals surface area contributed by atoms with Crippen LogP contribution in [0.4, 0.5) is 0 Å². The molecule has 1 aromatic carbocycles. The number of sulfonamides is 1. The number of hydrogen-bond donors (Lipinski definition) is 0. The molecule has 0 radical (unpaired) electrons. The zero-order valence-corrected chi connectivity index (χ0v) is 16.4.